The molecule has 0 bridgehead atoms. The maximum atomic E-state index is 13.0. The molecule has 128 valence electrons. The Morgan fingerprint density at radius 3 is 1.77 bits per heavy atom. The van der Waals surface area contributed by atoms with Crippen LogP contribution < -0.4 is 0 Å². The molecular formula is C20H37NO. The van der Waals surface area contributed by atoms with Gasteiger partial charge in [-0.3, -0.25) is 4.79 Å². The van der Waals surface area contributed by atoms with Gasteiger partial charge < -0.3 is 4.90 Å². The molecule has 0 aromatic rings. The zero-order chi connectivity index (χ0) is 16.8. The quantitative estimate of drug-likeness (QED) is 0.416. The molecule has 0 radical (unpaired) electrons. The Bertz CT molecular complexity index is 304. The first kappa shape index (κ1) is 21.0. The summed E-state index contributed by atoms with van der Waals surface area (Å²) in [6.07, 6.45) is 16.6. The summed E-state index contributed by atoms with van der Waals surface area (Å²) in [5.74, 6) is 3.19. The van der Waals surface area contributed by atoms with Crippen molar-refractivity contribution in [3.8, 4) is 12.3 Å². The summed E-state index contributed by atoms with van der Waals surface area (Å²) >= 11 is 0. The summed E-state index contributed by atoms with van der Waals surface area (Å²) < 4.78 is 0. The first-order chi connectivity index (χ1) is 10.7. The Kier molecular flexibility index (Phi) is 13.1. The van der Waals surface area contributed by atoms with Crippen LogP contribution in [0, 0.1) is 18.3 Å². The molecule has 0 atom stereocenters. The standard InChI is InChI=1S/C20H37NO/c1-6-11-15-19(16-12-7-2)21(17-10-5)20(22)18(13-8-3)14-9-4/h5,18-19H,6-9,11-17H2,1-4H3. The minimum atomic E-state index is 0.161. The maximum Gasteiger partial charge on any atom is 0.226 e. The number of unbranched alkanes of at least 4 members (excludes halogenated alkanes) is 2. The normalized spacial score (nSPS) is 11.0. The second-order valence-electron chi connectivity index (χ2n) is 6.38. The van der Waals surface area contributed by atoms with E-state index in [1.165, 1.54) is 25.7 Å². The van der Waals surface area contributed by atoms with Crippen molar-refractivity contribution in [1.29, 1.82) is 0 Å². The largest absolute Gasteiger partial charge is 0.328 e. The highest BCUT2D eigenvalue weighted by Crippen LogP contribution is 2.22. The lowest BCUT2D eigenvalue weighted by atomic mass is 9.94. The van der Waals surface area contributed by atoms with Gasteiger partial charge in [0.2, 0.25) is 5.91 Å². The summed E-state index contributed by atoms with van der Waals surface area (Å²) in [7, 11) is 0. The molecule has 2 nitrogen and oxygen atoms in total. The van der Waals surface area contributed by atoms with Crippen LogP contribution in [0.1, 0.15) is 91.9 Å². The summed E-state index contributed by atoms with van der Waals surface area (Å²) in [5.41, 5.74) is 0. The Morgan fingerprint density at radius 1 is 0.909 bits per heavy atom. The third-order valence-corrected chi connectivity index (χ3v) is 4.39. The zero-order valence-electron chi connectivity index (χ0n) is 15.4. The van der Waals surface area contributed by atoms with Gasteiger partial charge in [0.05, 0.1) is 6.54 Å². The van der Waals surface area contributed by atoms with Gasteiger partial charge in [0.25, 0.3) is 0 Å². The molecule has 0 heterocycles. The second-order valence-corrected chi connectivity index (χ2v) is 6.38. The predicted octanol–water partition coefficient (Wildman–Crippen LogP) is 5.41. The molecule has 0 aromatic heterocycles. The first-order valence-electron chi connectivity index (χ1n) is 9.39. The Hall–Kier alpha value is -0.970. The number of nitrogens with zero attached hydrogens (tertiary/aromatic N) is 1. The van der Waals surface area contributed by atoms with Crippen LogP contribution in [0.5, 0.6) is 0 Å². The molecule has 0 aromatic carbocycles. The number of hydrogen-bond donors (Lipinski definition) is 0. The van der Waals surface area contributed by atoms with Crippen molar-refractivity contribution in [3.05, 3.63) is 0 Å². The molecule has 0 aliphatic heterocycles. The molecule has 0 saturated heterocycles. The average Bonchev–Trinajstić information content (AvgIpc) is 2.52. The molecule has 0 saturated carbocycles. The zero-order valence-corrected chi connectivity index (χ0v) is 15.4. The van der Waals surface area contributed by atoms with Gasteiger partial charge in [0, 0.05) is 12.0 Å². The highest BCUT2D eigenvalue weighted by Gasteiger charge is 2.27. The third kappa shape index (κ3) is 7.87. The van der Waals surface area contributed by atoms with Crippen LogP contribution in [0.4, 0.5) is 0 Å². The maximum absolute atomic E-state index is 13.0. The average molecular weight is 308 g/mol. The van der Waals surface area contributed by atoms with E-state index in [2.05, 4.69) is 33.6 Å². The fourth-order valence-corrected chi connectivity index (χ4v) is 3.14. The summed E-state index contributed by atoms with van der Waals surface area (Å²) in [5, 5.41) is 0. The van der Waals surface area contributed by atoms with Gasteiger partial charge in [-0.2, -0.15) is 0 Å². The Labute approximate surface area is 139 Å². The Morgan fingerprint density at radius 2 is 1.41 bits per heavy atom. The van der Waals surface area contributed by atoms with Gasteiger partial charge in [-0.15, -0.1) is 6.42 Å². The van der Waals surface area contributed by atoms with Crippen LogP contribution in [0.15, 0.2) is 0 Å². The van der Waals surface area contributed by atoms with Gasteiger partial charge in [0.1, 0.15) is 0 Å². The fourth-order valence-electron chi connectivity index (χ4n) is 3.14. The minimum Gasteiger partial charge on any atom is -0.328 e. The van der Waals surface area contributed by atoms with Crippen LogP contribution in [-0.2, 0) is 4.79 Å². The molecular weight excluding hydrogens is 270 g/mol. The molecule has 0 aliphatic carbocycles. The summed E-state index contributed by atoms with van der Waals surface area (Å²) in [6.45, 7) is 9.21. The van der Waals surface area contributed by atoms with Gasteiger partial charge in [-0.1, -0.05) is 72.1 Å². The molecule has 0 unspecified atom stereocenters. The van der Waals surface area contributed by atoms with Crippen LogP contribution in [0.25, 0.3) is 0 Å². The van der Waals surface area contributed by atoms with Gasteiger partial charge >= 0.3 is 0 Å². The number of hydrogen-bond acceptors (Lipinski definition) is 1. The number of amides is 1. The third-order valence-electron chi connectivity index (χ3n) is 4.39. The number of terminal acetylenes is 1. The van der Waals surface area contributed by atoms with Crippen molar-refractivity contribution in [2.45, 2.75) is 97.9 Å². The van der Waals surface area contributed by atoms with Crippen LogP contribution in [0.3, 0.4) is 0 Å². The summed E-state index contributed by atoms with van der Waals surface area (Å²) in [4.78, 5) is 15.0. The second kappa shape index (κ2) is 13.7. The monoisotopic (exact) mass is 307 g/mol. The lowest BCUT2D eigenvalue weighted by molar-refractivity contribution is -0.138. The van der Waals surface area contributed by atoms with Crippen molar-refractivity contribution < 1.29 is 4.79 Å². The number of rotatable bonds is 13. The van der Waals surface area contributed by atoms with E-state index in [1.54, 1.807) is 0 Å². The van der Waals surface area contributed by atoms with E-state index in [1.807, 2.05) is 4.90 Å². The van der Waals surface area contributed by atoms with Crippen LogP contribution in [0.2, 0.25) is 0 Å². The number of carbonyl (C=O) groups is 1. The molecule has 1 amide bonds. The molecule has 0 spiro atoms. The first-order valence-corrected chi connectivity index (χ1v) is 9.39. The molecule has 0 fully saturated rings. The number of carbonyl (C=O) groups excluding carboxylic acids is 1. The predicted molar refractivity (Wildman–Crippen MR) is 96.7 cm³/mol. The van der Waals surface area contributed by atoms with E-state index in [9.17, 15) is 4.79 Å². The lowest BCUT2D eigenvalue weighted by Crippen LogP contribution is -2.44. The smallest absolute Gasteiger partial charge is 0.226 e. The fraction of sp³-hybridized carbons (Fsp3) is 0.850. The summed E-state index contributed by atoms with van der Waals surface area (Å²) in [6, 6.07) is 0.333. The highest BCUT2D eigenvalue weighted by molar-refractivity contribution is 5.79. The van der Waals surface area contributed by atoms with Gasteiger partial charge in [-0.25, -0.2) is 0 Å². The molecule has 0 rings (SSSR count). The van der Waals surface area contributed by atoms with E-state index >= 15 is 0 Å². The molecule has 0 aliphatic rings. The van der Waals surface area contributed by atoms with Gasteiger partial charge in [0.15, 0.2) is 0 Å². The van der Waals surface area contributed by atoms with Crippen molar-refractivity contribution in [2.24, 2.45) is 5.92 Å². The van der Waals surface area contributed by atoms with Crippen molar-refractivity contribution in [3.63, 3.8) is 0 Å². The van der Waals surface area contributed by atoms with Crippen molar-refractivity contribution in [1.82, 2.24) is 4.90 Å². The van der Waals surface area contributed by atoms with Crippen molar-refractivity contribution in [2.75, 3.05) is 6.54 Å². The van der Waals surface area contributed by atoms with E-state index < -0.39 is 0 Å². The van der Waals surface area contributed by atoms with E-state index in [-0.39, 0.29) is 5.92 Å². The van der Waals surface area contributed by atoms with E-state index in [0.29, 0.717) is 18.5 Å². The van der Waals surface area contributed by atoms with Crippen LogP contribution >= 0.6 is 0 Å². The molecule has 22 heavy (non-hydrogen) atoms. The highest BCUT2D eigenvalue weighted by atomic mass is 16.2. The van der Waals surface area contributed by atoms with Gasteiger partial charge in [-0.05, 0) is 25.7 Å². The molecule has 2 heteroatoms. The molecule has 0 N–H and O–H groups in total. The lowest BCUT2D eigenvalue weighted by Gasteiger charge is -2.33. The minimum absolute atomic E-state index is 0.161. The van der Waals surface area contributed by atoms with E-state index in [4.69, 9.17) is 6.42 Å². The van der Waals surface area contributed by atoms with Crippen LogP contribution in [-0.4, -0.2) is 23.4 Å². The SMILES string of the molecule is C#CCN(C(=O)C(CCC)CCC)C(CCCC)CCCC. The topological polar surface area (TPSA) is 20.3 Å². The van der Waals surface area contributed by atoms with E-state index in [0.717, 1.165) is 38.5 Å². The van der Waals surface area contributed by atoms with Crippen molar-refractivity contribution >= 4 is 5.91 Å². The Balaban J connectivity index is 5.06.